The van der Waals surface area contributed by atoms with Gasteiger partial charge in [0.25, 0.3) is 5.91 Å². The molecule has 0 saturated carbocycles. The van der Waals surface area contributed by atoms with Crippen molar-refractivity contribution in [2.24, 2.45) is 0 Å². The molecule has 6 heteroatoms. The molecular formula is C22H29N5O. The van der Waals surface area contributed by atoms with E-state index in [2.05, 4.69) is 51.0 Å². The normalized spacial score (nSPS) is 17.7. The molecule has 1 amide bonds. The zero-order chi connectivity index (χ0) is 19.5. The van der Waals surface area contributed by atoms with Crippen molar-refractivity contribution in [1.29, 1.82) is 0 Å². The maximum absolute atomic E-state index is 12.9. The van der Waals surface area contributed by atoms with Crippen molar-refractivity contribution in [2.75, 3.05) is 49.1 Å². The van der Waals surface area contributed by atoms with Crippen LogP contribution in [-0.4, -0.2) is 60.0 Å². The van der Waals surface area contributed by atoms with Gasteiger partial charge in [-0.25, -0.2) is 9.97 Å². The van der Waals surface area contributed by atoms with Gasteiger partial charge in [0.2, 0.25) is 5.95 Å². The van der Waals surface area contributed by atoms with E-state index in [0.717, 1.165) is 57.8 Å². The quantitative estimate of drug-likeness (QED) is 0.820. The minimum absolute atomic E-state index is 0.0462. The largest absolute Gasteiger partial charge is 0.368 e. The summed E-state index contributed by atoms with van der Waals surface area (Å²) in [5.41, 5.74) is 3.94. The summed E-state index contributed by atoms with van der Waals surface area (Å²) in [6, 6.07) is 10.5. The van der Waals surface area contributed by atoms with E-state index in [0.29, 0.717) is 11.6 Å². The number of piperazine rings is 1. The zero-order valence-corrected chi connectivity index (χ0v) is 16.9. The van der Waals surface area contributed by atoms with Crippen molar-refractivity contribution in [2.45, 2.75) is 33.1 Å². The molecular weight excluding hydrogens is 350 g/mol. The molecule has 4 rings (SSSR count). The monoisotopic (exact) mass is 379 g/mol. The summed E-state index contributed by atoms with van der Waals surface area (Å²) in [6.45, 7) is 9.32. The second kappa shape index (κ2) is 8.17. The summed E-state index contributed by atoms with van der Waals surface area (Å²) < 4.78 is 0. The van der Waals surface area contributed by atoms with Gasteiger partial charge < -0.3 is 14.7 Å². The Kier molecular flexibility index (Phi) is 5.46. The Labute approximate surface area is 167 Å². The molecule has 0 aliphatic carbocycles. The summed E-state index contributed by atoms with van der Waals surface area (Å²) in [6.07, 6.45) is 3.39. The molecule has 148 valence electrons. The fourth-order valence-corrected chi connectivity index (χ4v) is 4.05. The predicted molar refractivity (Wildman–Crippen MR) is 112 cm³/mol. The minimum atomic E-state index is 0.0462. The molecule has 2 aliphatic heterocycles. The Morgan fingerprint density at radius 1 is 0.857 bits per heavy atom. The van der Waals surface area contributed by atoms with Crippen LogP contribution < -0.4 is 9.80 Å². The Hall–Kier alpha value is -2.63. The highest BCUT2D eigenvalue weighted by Crippen LogP contribution is 2.21. The van der Waals surface area contributed by atoms with Crippen molar-refractivity contribution < 1.29 is 4.79 Å². The lowest BCUT2D eigenvalue weighted by atomic mass is 10.1. The van der Waals surface area contributed by atoms with Crippen LogP contribution in [0.25, 0.3) is 0 Å². The lowest BCUT2D eigenvalue weighted by molar-refractivity contribution is 0.0718. The van der Waals surface area contributed by atoms with E-state index in [1.54, 1.807) is 0 Å². The Morgan fingerprint density at radius 3 is 2.29 bits per heavy atom. The third kappa shape index (κ3) is 4.11. The van der Waals surface area contributed by atoms with Crippen LogP contribution in [0.1, 0.15) is 41.0 Å². The lowest BCUT2D eigenvalue weighted by Gasteiger charge is -2.36. The van der Waals surface area contributed by atoms with Gasteiger partial charge >= 0.3 is 0 Å². The van der Waals surface area contributed by atoms with Crippen LogP contribution in [0, 0.1) is 13.8 Å². The van der Waals surface area contributed by atoms with Crippen LogP contribution >= 0.6 is 0 Å². The minimum Gasteiger partial charge on any atom is -0.368 e. The second-order valence-electron chi connectivity index (χ2n) is 7.86. The van der Waals surface area contributed by atoms with Gasteiger partial charge in [-0.1, -0.05) is 12.1 Å². The molecule has 1 aromatic carbocycles. The van der Waals surface area contributed by atoms with Crippen LogP contribution in [0.3, 0.4) is 0 Å². The van der Waals surface area contributed by atoms with Gasteiger partial charge in [-0.05, 0) is 56.9 Å². The first kappa shape index (κ1) is 18.7. The third-order valence-corrected chi connectivity index (χ3v) is 5.63. The van der Waals surface area contributed by atoms with E-state index in [4.69, 9.17) is 0 Å². The molecule has 0 radical (unpaired) electrons. The van der Waals surface area contributed by atoms with Crippen molar-refractivity contribution in [3.8, 4) is 0 Å². The molecule has 0 unspecified atom stereocenters. The fourth-order valence-electron chi connectivity index (χ4n) is 4.05. The molecule has 2 fully saturated rings. The topological polar surface area (TPSA) is 52.6 Å². The Balaban J connectivity index is 1.46. The van der Waals surface area contributed by atoms with Crippen LogP contribution in [0.4, 0.5) is 11.6 Å². The SMILES string of the molecule is Cc1cccc(N2CCN(c3nc(C)cc(C(=O)N4CCCCC4)n3)CC2)c1. The van der Waals surface area contributed by atoms with Crippen LogP contribution in [-0.2, 0) is 0 Å². The van der Waals surface area contributed by atoms with E-state index < -0.39 is 0 Å². The van der Waals surface area contributed by atoms with E-state index in [-0.39, 0.29) is 5.91 Å². The first-order valence-corrected chi connectivity index (χ1v) is 10.3. The first-order valence-electron chi connectivity index (χ1n) is 10.3. The van der Waals surface area contributed by atoms with Crippen molar-refractivity contribution in [1.82, 2.24) is 14.9 Å². The molecule has 6 nitrogen and oxygen atoms in total. The van der Waals surface area contributed by atoms with Crippen molar-refractivity contribution >= 4 is 17.5 Å². The molecule has 2 aromatic rings. The Morgan fingerprint density at radius 2 is 1.57 bits per heavy atom. The summed E-state index contributed by atoms with van der Waals surface area (Å²) in [4.78, 5) is 28.7. The van der Waals surface area contributed by atoms with Gasteiger partial charge in [0.1, 0.15) is 5.69 Å². The van der Waals surface area contributed by atoms with Gasteiger partial charge in [-0.2, -0.15) is 0 Å². The molecule has 0 atom stereocenters. The van der Waals surface area contributed by atoms with Gasteiger partial charge in [0.05, 0.1) is 0 Å². The number of carbonyl (C=O) groups is 1. The summed E-state index contributed by atoms with van der Waals surface area (Å²) in [7, 11) is 0. The number of aromatic nitrogens is 2. The lowest BCUT2D eigenvalue weighted by Crippen LogP contribution is -2.47. The molecule has 28 heavy (non-hydrogen) atoms. The number of carbonyl (C=O) groups excluding carboxylic acids is 1. The summed E-state index contributed by atoms with van der Waals surface area (Å²) in [5.74, 6) is 0.731. The van der Waals surface area contributed by atoms with Crippen molar-refractivity contribution in [3.63, 3.8) is 0 Å². The summed E-state index contributed by atoms with van der Waals surface area (Å²) >= 11 is 0. The molecule has 0 spiro atoms. The van der Waals surface area contributed by atoms with Crippen molar-refractivity contribution in [3.05, 3.63) is 47.3 Å². The summed E-state index contributed by atoms with van der Waals surface area (Å²) in [5, 5.41) is 0. The number of rotatable bonds is 3. The molecule has 2 saturated heterocycles. The van der Waals surface area contributed by atoms with Gasteiger partial charge in [-0.3, -0.25) is 4.79 Å². The van der Waals surface area contributed by atoms with Gasteiger partial charge in [0, 0.05) is 50.6 Å². The molecule has 0 bridgehead atoms. The standard InChI is InChI=1S/C22H29N5O/c1-17-7-6-8-19(15-17)25-11-13-27(14-12-25)22-23-18(2)16-20(24-22)21(28)26-9-4-3-5-10-26/h6-8,15-16H,3-5,9-14H2,1-2H3. The zero-order valence-electron chi connectivity index (χ0n) is 16.9. The van der Waals surface area contributed by atoms with Crippen LogP contribution in [0.15, 0.2) is 30.3 Å². The number of aryl methyl sites for hydroxylation is 2. The number of nitrogens with zero attached hydrogens (tertiary/aromatic N) is 5. The van der Waals surface area contributed by atoms with E-state index in [9.17, 15) is 4.79 Å². The number of benzene rings is 1. The molecule has 3 heterocycles. The second-order valence-corrected chi connectivity index (χ2v) is 7.86. The first-order chi connectivity index (χ1) is 13.6. The molecule has 1 aromatic heterocycles. The highest BCUT2D eigenvalue weighted by molar-refractivity contribution is 5.92. The average Bonchev–Trinajstić information content (AvgIpc) is 2.73. The number of likely N-dealkylation sites (tertiary alicyclic amines) is 1. The van der Waals surface area contributed by atoms with E-state index >= 15 is 0 Å². The third-order valence-electron chi connectivity index (χ3n) is 5.63. The maximum Gasteiger partial charge on any atom is 0.272 e. The molecule has 0 N–H and O–H groups in total. The number of amides is 1. The van der Waals surface area contributed by atoms with E-state index in [1.807, 2.05) is 17.9 Å². The maximum atomic E-state index is 12.9. The predicted octanol–water partition coefficient (Wildman–Crippen LogP) is 3.05. The average molecular weight is 380 g/mol. The number of hydrogen-bond donors (Lipinski definition) is 0. The van der Waals surface area contributed by atoms with Crippen LogP contribution in [0.2, 0.25) is 0 Å². The smallest absolute Gasteiger partial charge is 0.272 e. The number of piperidine rings is 1. The highest BCUT2D eigenvalue weighted by Gasteiger charge is 2.23. The Bertz CT molecular complexity index is 839. The highest BCUT2D eigenvalue weighted by atomic mass is 16.2. The van der Waals surface area contributed by atoms with E-state index in [1.165, 1.54) is 17.7 Å². The van der Waals surface area contributed by atoms with Gasteiger partial charge in [-0.15, -0.1) is 0 Å². The van der Waals surface area contributed by atoms with Crippen LogP contribution in [0.5, 0.6) is 0 Å². The van der Waals surface area contributed by atoms with Gasteiger partial charge in [0.15, 0.2) is 0 Å². The number of anilines is 2. The number of hydrogen-bond acceptors (Lipinski definition) is 5. The fraction of sp³-hybridized carbons (Fsp3) is 0.500. The molecule has 2 aliphatic rings.